The quantitative estimate of drug-likeness (QED) is 0.795. The molecule has 1 aromatic heterocycles. The highest BCUT2D eigenvalue weighted by atomic mass is 32.1. The van der Waals surface area contributed by atoms with E-state index in [9.17, 15) is 4.79 Å². The van der Waals surface area contributed by atoms with Crippen LogP contribution in [0.2, 0.25) is 0 Å². The van der Waals surface area contributed by atoms with Gasteiger partial charge in [0.1, 0.15) is 0 Å². The summed E-state index contributed by atoms with van der Waals surface area (Å²) in [6.45, 7) is 2.20. The molecule has 0 saturated heterocycles. The average Bonchev–Trinajstić information content (AvgIpc) is 2.85. The van der Waals surface area contributed by atoms with E-state index in [0.717, 1.165) is 32.1 Å². The van der Waals surface area contributed by atoms with Crippen LogP contribution in [0.3, 0.4) is 0 Å². The van der Waals surface area contributed by atoms with Crippen LogP contribution in [0.25, 0.3) is 0 Å². The van der Waals surface area contributed by atoms with E-state index in [0.29, 0.717) is 29.7 Å². The fourth-order valence-electron chi connectivity index (χ4n) is 2.64. The van der Waals surface area contributed by atoms with Gasteiger partial charge >= 0.3 is 0 Å². The summed E-state index contributed by atoms with van der Waals surface area (Å²) >= 11 is 5.13. The number of thiocarbonyl (C=S) groups is 1. The summed E-state index contributed by atoms with van der Waals surface area (Å²) < 4.78 is 4.88. The number of hydrogen-bond donors (Lipinski definition) is 2. The van der Waals surface area contributed by atoms with Crippen LogP contribution < -0.4 is 11.1 Å². The maximum Gasteiger partial charge on any atom is 0.233 e. The first kappa shape index (κ1) is 14.9. The monoisotopic (exact) mass is 296 g/mol. The Kier molecular flexibility index (Phi) is 4.69. The number of hydrogen-bond acceptors (Lipinski definition) is 5. The van der Waals surface area contributed by atoms with Crippen LogP contribution in [-0.4, -0.2) is 27.6 Å². The third-order valence-corrected chi connectivity index (χ3v) is 4.21. The van der Waals surface area contributed by atoms with E-state index in [2.05, 4.69) is 15.5 Å². The van der Waals surface area contributed by atoms with Crippen molar-refractivity contribution in [2.75, 3.05) is 6.54 Å². The van der Waals surface area contributed by atoms with Crippen LogP contribution in [0, 0.1) is 12.3 Å². The van der Waals surface area contributed by atoms with Crippen molar-refractivity contribution < 1.29 is 9.32 Å². The number of rotatable bonds is 5. The van der Waals surface area contributed by atoms with E-state index >= 15 is 0 Å². The van der Waals surface area contributed by atoms with Crippen molar-refractivity contribution in [3.63, 3.8) is 0 Å². The highest BCUT2D eigenvalue weighted by Crippen LogP contribution is 2.36. The first-order valence-corrected chi connectivity index (χ1v) is 7.33. The molecule has 110 valence electrons. The number of carbonyl (C=O) groups is 1. The summed E-state index contributed by atoms with van der Waals surface area (Å²) in [5.74, 6) is 1.05. The van der Waals surface area contributed by atoms with Gasteiger partial charge in [-0.15, -0.1) is 0 Å². The second kappa shape index (κ2) is 6.30. The van der Waals surface area contributed by atoms with Gasteiger partial charge in [0.25, 0.3) is 0 Å². The van der Waals surface area contributed by atoms with E-state index in [1.54, 1.807) is 6.92 Å². The van der Waals surface area contributed by atoms with Crippen LogP contribution in [0.4, 0.5) is 0 Å². The van der Waals surface area contributed by atoms with E-state index in [4.69, 9.17) is 22.5 Å². The van der Waals surface area contributed by atoms with Crippen LogP contribution in [0.1, 0.15) is 43.8 Å². The number of nitrogens with one attached hydrogen (secondary N) is 1. The minimum absolute atomic E-state index is 0.0649. The van der Waals surface area contributed by atoms with Crippen molar-refractivity contribution in [3.05, 3.63) is 11.7 Å². The molecule has 2 rings (SSSR count). The molecule has 0 bridgehead atoms. The molecule has 0 aromatic carbocycles. The summed E-state index contributed by atoms with van der Waals surface area (Å²) in [6.07, 6.45) is 5.16. The summed E-state index contributed by atoms with van der Waals surface area (Å²) in [4.78, 5) is 16.8. The maximum absolute atomic E-state index is 12.4. The summed E-state index contributed by atoms with van der Waals surface area (Å²) in [6, 6.07) is 0. The Morgan fingerprint density at radius 3 is 2.70 bits per heavy atom. The molecule has 0 spiro atoms. The molecule has 1 aliphatic rings. The van der Waals surface area contributed by atoms with E-state index in [1.807, 2.05) is 0 Å². The molecule has 0 unspecified atom stereocenters. The molecule has 1 aromatic rings. The number of nitrogens with two attached hydrogens (primary N) is 1. The van der Waals surface area contributed by atoms with Gasteiger partial charge in [0, 0.05) is 19.9 Å². The average molecular weight is 296 g/mol. The largest absolute Gasteiger partial charge is 0.392 e. The Morgan fingerprint density at radius 2 is 2.15 bits per heavy atom. The molecule has 7 heteroatoms. The normalized spacial score (nSPS) is 17.6. The Hall–Kier alpha value is -1.50. The van der Waals surface area contributed by atoms with Gasteiger partial charge in [-0.25, -0.2) is 0 Å². The summed E-state index contributed by atoms with van der Waals surface area (Å²) in [5.41, 5.74) is 5.15. The number of aromatic nitrogens is 2. The minimum Gasteiger partial charge on any atom is -0.392 e. The second-order valence-corrected chi connectivity index (χ2v) is 5.68. The standard InChI is InChI=1S/C13H20N4O2S/c1-9-16-10(17-19-9)5-8-15-12(18)13(11(14)20)6-3-2-4-7-13/h2-8H2,1H3,(H2,14,20)(H,15,18). The molecule has 6 nitrogen and oxygen atoms in total. The fraction of sp³-hybridized carbons (Fsp3) is 0.692. The Balaban J connectivity index is 1.90. The van der Waals surface area contributed by atoms with Crippen molar-refractivity contribution >= 4 is 23.1 Å². The molecule has 1 heterocycles. The van der Waals surface area contributed by atoms with Gasteiger partial charge in [0.15, 0.2) is 5.82 Å². The molecule has 1 fully saturated rings. The SMILES string of the molecule is Cc1nc(CCNC(=O)C2(C(N)=S)CCCCC2)no1. The fourth-order valence-corrected chi connectivity index (χ4v) is 2.94. The van der Waals surface area contributed by atoms with Crippen molar-refractivity contribution in [1.29, 1.82) is 0 Å². The van der Waals surface area contributed by atoms with E-state index in [1.165, 1.54) is 0 Å². The Labute approximate surface area is 123 Å². The van der Waals surface area contributed by atoms with Crippen LogP contribution in [0.15, 0.2) is 4.52 Å². The number of amides is 1. The zero-order chi connectivity index (χ0) is 14.6. The third kappa shape index (κ3) is 3.15. The summed E-state index contributed by atoms with van der Waals surface area (Å²) in [7, 11) is 0. The topological polar surface area (TPSA) is 94.0 Å². The first-order valence-electron chi connectivity index (χ1n) is 6.92. The molecule has 0 atom stereocenters. The predicted molar refractivity (Wildman–Crippen MR) is 78.1 cm³/mol. The predicted octanol–water partition coefficient (Wildman–Crippen LogP) is 1.27. The zero-order valence-electron chi connectivity index (χ0n) is 11.6. The molecule has 0 radical (unpaired) electrons. The van der Waals surface area contributed by atoms with Gasteiger partial charge in [0.05, 0.1) is 10.4 Å². The lowest BCUT2D eigenvalue weighted by Crippen LogP contribution is -2.50. The Bertz CT molecular complexity index is 494. The first-order chi connectivity index (χ1) is 9.54. The van der Waals surface area contributed by atoms with Crippen LogP contribution in [0.5, 0.6) is 0 Å². The third-order valence-electron chi connectivity index (χ3n) is 3.82. The van der Waals surface area contributed by atoms with Crippen molar-refractivity contribution in [2.45, 2.75) is 45.4 Å². The zero-order valence-corrected chi connectivity index (χ0v) is 12.5. The molecule has 0 aliphatic heterocycles. The van der Waals surface area contributed by atoms with Gasteiger partial charge in [-0.05, 0) is 12.8 Å². The molecule has 1 amide bonds. The smallest absolute Gasteiger partial charge is 0.233 e. The van der Waals surface area contributed by atoms with Crippen molar-refractivity contribution in [3.8, 4) is 0 Å². The highest BCUT2D eigenvalue weighted by molar-refractivity contribution is 7.80. The highest BCUT2D eigenvalue weighted by Gasteiger charge is 2.42. The van der Waals surface area contributed by atoms with Gasteiger partial charge in [-0.2, -0.15) is 4.98 Å². The number of carbonyl (C=O) groups excluding carboxylic acids is 1. The van der Waals surface area contributed by atoms with Gasteiger partial charge in [-0.1, -0.05) is 36.6 Å². The van der Waals surface area contributed by atoms with Gasteiger partial charge < -0.3 is 15.6 Å². The summed E-state index contributed by atoms with van der Waals surface area (Å²) in [5, 5.41) is 6.69. The lowest BCUT2D eigenvalue weighted by atomic mass is 9.73. The van der Waals surface area contributed by atoms with E-state index in [-0.39, 0.29) is 5.91 Å². The van der Waals surface area contributed by atoms with Gasteiger partial charge in [-0.3, -0.25) is 4.79 Å². The molecule has 1 aliphatic carbocycles. The molecule has 20 heavy (non-hydrogen) atoms. The van der Waals surface area contributed by atoms with Crippen molar-refractivity contribution in [2.24, 2.45) is 11.1 Å². The number of nitrogens with zero attached hydrogens (tertiary/aromatic N) is 2. The Morgan fingerprint density at radius 1 is 1.45 bits per heavy atom. The second-order valence-electron chi connectivity index (χ2n) is 5.24. The van der Waals surface area contributed by atoms with Crippen LogP contribution in [-0.2, 0) is 11.2 Å². The molecule has 1 saturated carbocycles. The lowest BCUT2D eigenvalue weighted by Gasteiger charge is -2.34. The van der Waals surface area contributed by atoms with Crippen LogP contribution >= 0.6 is 12.2 Å². The van der Waals surface area contributed by atoms with Gasteiger partial charge in [0.2, 0.25) is 11.8 Å². The molecule has 3 N–H and O–H groups in total. The maximum atomic E-state index is 12.4. The lowest BCUT2D eigenvalue weighted by molar-refractivity contribution is -0.128. The minimum atomic E-state index is -0.666. The molecular formula is C13H20N4O2S. The molecular weight excluding hydrogens is 276 g/mol. The number of aryl methyl sites for hydroxylation is 1. The van der Waals surface area contributed by atoms with E-state index < -0.39 is 5.41 Å². The van der Waals surface area contributed by atoms with Crippen molar-refractivity contribution in [1.82, 2.24) is 15.5 Å².